The van der Waals surface area contributed by atoms with Crippen LogP contribution in [-0.2, 0) is 6.61 Å². The van der Waals surface area contributed by atoms with Crippen molar-refractivity contribution in [3.05, 3.63) is 57.7 Å². The molecular formula is C13H12BIO3. The smallest absolute Gasteiger partial charge is 0.489 e. The normalized spacial score (nSPS) is 10.2. The molecule has 2 aromatic carbocycles. The van der Waals surface area contributed by atoms with Gasteiger partial charge >= 0.3 is 7.12 Å². The van der Waals surface area contributed by atoms with E-state index in [2.05, 4.69) is 22.6 Å². The topological polar surface area (TPSA) is 49.7 Å². The zero-order valence-corrected chi connectivity index (χ0v) is 11.7. The highest BCUT2D eigenvalue weighted by molar-refractivity contribution is 14.1. The lowest BCUT2D eigenvalue weighted by Crippen LogP contribution is -2.31. The highest BCUT2D eigenvalue weighted by atomic mass is 127. The van der Waals surface area contributed by atoms with Gasteiger partial charge in [-0.25, -0.2) is 0 Å². The molecule has 2 rings (SSSR count). The van der Waals surface area contributed by atoms with Crippen molar-refractivity contribution < 1.29 is 14.8 Å². The Hall–Kier alpha value is -1.05. The predicted molar refractivity (Wildman–Crippen MR) is 79.8 cm³/mol. The van der Waals surface area contributed by atoms with Crippen LogP contribution >= 0.6 is 22.6 Å². The number of rotatable bonds is 4. The highest BCUT2D eigenvalue weighted by Crippen LogP contribution is 2.15. The third-order valence-corrected chi connectivity index (χ3v) is 3.59. The van der Waals surface area contributed by atoms with Gasteiger partial charge in [-0.3, -0.25) is 0 Å². The van der Waals surface area contributed by atoms with Crippen LogP contribution in [0.4, 0.5) is 0 Å². The molecular weight excluding hydrogens is 342 g/mol. The fourth-order valence-electron chi connectivity index (χ4n) is 1.60. The van der Waals surface area contributed by atoms with E-state index < -0.39 is 7.12 Å². The second-order valence-corrected chi connectivity index (χ2v) is 4.95. The summed E-state index contributed by atoms with van der Waals surface area (Å²) in [6, 6.07) is 14.8. The first-order valence-electron chi connectivity index (χ1n) is 5.50. The molecule has 0 atom stereocenters. The molecule has 18 heavy (non-hydrogen) atoms. The molecule has 0 aliphatic heterocycles. The van der Waals surface area contributed by atoms with Gasteiger partial charge in [-0.2, -0.15) is 0 Å². The molecule has 2 aromatic rings. The molecule has 92 valence electrons. The van der Waals surface area contributed by atoms with Gasteiger partial charge in [-0.15, -0.1) is 0 Å². The number of ether oxygens (including phenoxy) is 1. The van der Waals surface area contributed by atoms with Gasteiger partial charge in [0.15, 0.2) is 0 Å². The molecule has 0 heterocycles. The molecule has 0 saturated carbocycles. The van der Waals surface area contributed by atoms with Crippen LogP contribution in [-0.4, -0.2) is 17.2 Å². The van der Waals surface area contributed by atoms with Crippen LogP contribution in [0.2, 0.25) is 0 Å². The number of hydrogen-bond acceptors (Lipinski definition) is 3. The van der Waals surface area contributed by atoms with E-state index in [1.54, 1.807) is 24.3 Å². The van der Waals surface area contributed by atoms with Gasteiger partial charge in [-0.05, 0) is 34.7 Å². The summed E-state index contributed by atoms with van der Waals surface area (Å²) in [5.74, 6) is 0.493. The van der Waals surface area contributed by atoms with Crippen LogP contribution in [0.1, 0.15) is 5.56 Å². The zero-order valence-electron chi connectivity index (χ0n) is 9.58. The minimum absolute atomic E-state index is 0.378. The second-order valence-electron chi connectivity index (χ2n) is 3.79. The number of halogens is 1. The van der Waals surface area contributed by atoms with E-state index >= 15 is 0 Å². The van der Waals surface area contributed by atoms with E-state index in [9.17, 15) is 10.0 Å². The maximum absolute atomic E-state index is 9.23. The van der Waals surface area contributed by atoms with Crippen molar-refractivity contribution >= 4 is 35.2 Å². The van der Waals surface area contributed by atoms with Gasteiger partial charge in [0.05, 0.1) is 0 Å². The average Bonchev–Trinajstić information content (AvgIpc) is 2.38. The summed E-state index contributed by atoms with van der Waals surface area (Å²) in [4.78, 5) is 0. The Morgan fingerprint density at radius 3 is 2.39 bits per heavy atom. The Morgan fingerprint density at radius 1 is 1.00 bits per heavy atom. The van der Waals surface area contributed by atoms with E-state index in [0.717, 1.165) is 9.13 Å². The molecule has 0 spiro atoms. The Kier molecular flexibility index (Phi) is 4.63. The molecule has 0 amide bonds. The third kappa shape index (κ3) is 3.25. The fraction of sp³-hybridized carbons (Fsp3) is 0.0769. The second kappa shape index (κ2) is 6.22. The lowest BCUT2D eigenvalue weighted by Gasteiger charge is -2.11. The minimum atomic E-state index is -1.52. The maximum Gasteiger partial charge on any atom is 0.492 e. The van der Waals surface area contributed by atoms with Gasteiger partial charge in [0.1, 0.15) is 12.4 Å². The number of benzene rings is 2. The van der Waals surface area contributed by atoms with Crippen molar-refractivity contribution in [3.63, 3.8) is 0 Å². The van der Waals surface area contributed by atoms with Gasteiger partial charge in [0, 0.05) is 14.6 Å². The SMILES string of the molecule is OB(O)c1ccccc1OCc1ccccc1I. The Balaban J connectivity index is 2.14. The summed E-state index contributed by atoms with van der Waals surface area (Å²) in [6.45, 7) is 0.406. The van der Waals surface area contributed by atoms with E-state index in [1.807, 2.05) is 24.3 Å². The summed E-state index contributed by atoms with van der Waals surface area (Å²) in [5.41, 5.74) is 1.45. The Morgan fingerprint density at radius 2 is 1.67 bits per heavy atom. The molecule has 0 aliphatic carbocycles. The third-order valence-electron chi connectivity index (χ3n) is 2.54. The number of hydrogen-bond donors (Lipinski definition) is 2. The Bertz CT molecular complexity index is 531. The summed E-state index contributed by atoms with van der Waals surface area (Å²) >= 11 is 2.25. The molecule has 5 heteroatoms. The lowest BCUT2D eigenvalue weighted by atomic mass is 9.79. The van der Waals surface area contributed by atoms with Crippen molar-refractivity contribution in [1.29, 1.82) is 0 Å². The molecule has 2 N–H and O–H groups in total. The molecule has 0 fully saturated rings. The van der Waals surface area contributed by atoms with E-state index in [4.69, 9.17) is 4.74 Å². The molecule has 0 saturated heterocycles. The van der Waals surface area contributed by atoms with Crippen LogP contribution in [0.3, 0.4) is 0 Å². The first-order valence-corrected chi connectivity index (χ1v) is 6.57. The predicted octanol–water partition coefficient (Wildman–Crippen LogP) is 1.55. The van der Waals surface area contributed by atoms with Crippen LogP contribution in [0.25, 0.3) is 0 Å². The summed E-state index contributed by atoms with van der Waals surface area (Å²) in [5, 5.41) is 18.5. The molecule has 0 unspecified atom stereocenters. The van der Waals surface area contributed by atoms with Crippen LogP contribution in [0.15, 0.2) is 48.5 Å². The minimum Gasteiger partial charge on any atom is -0.489 e. The van der Waals surface area contributed by atoms with Gasteiger partial charge in [0.25, 0.3) is 0 Å². The summed E-state index contributed by atoms with van der Waals surface area (Å²) in [7, 11) is -1.52. The molecule has 3 nitrogen and oxygen atoms in total. The summed E-state index contributed by atoms with van der Waals surface area (Å²) < 4.78 is 6.76. The molecule has 0 radical (unpaired) electrons. The van der Waals surface area contributed by atoms with Crippen molar-refractivity contribution in [1.82, 2.24) is 0 Å². The van der Waals surface area contributed by atoms with Crippen LogP contribution in [0, 0.1) is 3.57 Å². The van der Waals surface area contributed by atoms with Crippen molar-refractivity contribution in [3.8, 4) is 5.75 Å². The first kappa shape index (κ1) is 13.4. The summed E-state index contributed by atoms with van der Waals surface area (Å²) in [6.07, 6.45) is 0. The van der Waals surface area contributed by atoms with Gasteiger partial charge in [-0.1, -0.05) is 36.4 Å². The first-order chi connectivity index (χ1) is 8.68. The molecule has 0 bridgehead atoms. The number of para-hydroxylation sites is 1. The van der Waals surface area contributed by atoms with E-state index in [1.165, 1.54) is 0 Å². The van der Waals surface area contributed by atoms with Crippen molar-refractivity contribution in [2.45, 2.75) is 6.61 Å². The highest BCUT2D eigenvalue weighted by Gasteiger charge is 2.16. The lowest BCUT2D eigenvalue weighted by molar-refractivity contribution is 0.306. The molecule has 0 aromatic heterocycles. The van der Waals surface area contributed by atoms with Crippen molar-refractivity contribution in [2.24, 2.45) is 0 Å². The fourth-order valence-corrected chi connectivity index (χ4v) is 2.14. The largest absolute Gasteiger partial charge is 0.492 e. The maximum atomic E-state index is 9.23. The van der Waals surface area contributed by atoms with Crippen LogP contribution in [0.5, 0.6) is 5.75 Å². The quantitative estimate of drug-likeness (QED) is 0.647. The Labute approximate surface area is 120 Å². The van der Waals surface area contributed by atoms with Crippen LogP contribution < -0.4 is 10.2 Å². The zero-order chi connectivity index (χ0) is 13.0. The monoisotopic (exact) mass is 354 g/mol. The van der Waals surface area contributed by atoms with Gasteiger partial charge < -0.3 is 14.8 Å². The average molecular weight is 354 g/mol. The van der Waals surface area contributed by atoms with E-state index in [0.29, 0.717) is 17.8 Å². The van der Waals surface area contributed by atoms with E-state index in [-0.39, 0.29) is 0 Å². The van der Waals surface area contributed by atoms with Gasteiger partial charge in [0.2, 0.25) is 0 Å². The standard InChI is InChI=1S/C13H12BIO3/c15-12-7-3-1-5-10(12)9-18-13-8-4-2-6-11(13)14(16)17/h1-8,16-17H,9H2. The molecule has 0 aliphatic rings. The van der Waals surface area contributed by atoms with Crippen molar-refractivity contribution in [2.75, 3.05) is 0 Å².